The van der Waals surface area contributed by atoms with Gasteiger partial charge >= 0.3 is 0 Å². The quantitative estimate of drug-likeness (QED) is 0.372. The molecule has 2 atom stereocenters. The zero-order valence-corrected chi connectivity index (χ0v) is 18.4. The first-order chi connectivity index (χ1) is 15.4. The summed E-state index contributed by atoms with van der Waals surface area (Å²) in [4.78, 5) is 16.4. The number of fused-ring (bicyclic) bond motifs is 1. The van der Waals surface area contributed by atoms with E-state index in [9.17, 15) is 13.2 Å². The van der Waals surface area contributed by atoms with E-state index in [0.29, 0.717) is 31.6 Å². The maximum Gasteiger partial charge on any atom is 0.248 e. The van der Waals surface area contributed by atoms with Gasteiger partial charge in [0.2, 0.25) is 15.9 Å². The van der Waals surface area contributed by atoms with Crippen LogP contribution in [0.5, 0.6) is 5.75 Å². The Kier molecular flexibility index (Phi) is 6.40. The van der Waals surface area contributed by atoms with Crippen molar-refractivity contribution in [2.45, 2.75) is 43.7 Å². The van der Waals surface area contributed by atoms with Gasteiger partial charge in [-0.15, -0.1) is 0 Å². The second-order valence-electron chi connectivity index (χ2n) is 7.94. The lowest BCUT2D eigenvalue weighted by Crippen LogP contribution is -2.43. The van der Waals surface area contributed by atoms with Crippen molar-refractivity contribution < 1.29 is 23.2 Å². The molecule has 1 amide bonds. The molecule has 0 aliphatic heterocycles. The maximum absolute atomic E-state index is 12.8. The molecule has 1 saturated carbocycles. The van der Waals surface area contributed by atoms with Crippen molar-refractivity contribution in [3.8, 4) is 5.75 Å². The number of sulfonamides is 1. The molecule has 1 aliphatic rings. The van der Waals surface area contributed by atoms with Gasteiger partial charge in [-0.2, -0.15) is 0 Å². The van der Waals surface area contributed by atoms with E-state index in [1.807, 2.05) is 37.3 Å². The molecular formula is C23H25N3O5S. The van der Waals surface area contributed by atoms with Crippen molar-refractivity contribution in [1.29, 1.82) is 0 Å². The standard InChI is InChI=1S/C23H25N3O5S/c1-15-13-16(19-5-2-3-7-21(19)24-15)14-31-17-9-11-18(12-10-17)32(29,30)26-22-8-4-6-20(22)23(27)25-28/h2-3,5,7,9-13,20,22,26,28H,4,6,8,14H2,1H3,(H,25,27)/t20-,22-/m0/s1. The number of nitrogens with one attached hydrogen (secondary N) is 2. The van der Waals surface area contributed by atoms with E-state index >= 15 is 0 Å². The van der Waals surface area contributed by atoms with Crippen molar-refractivity contribution in [2.75, 3.05) is 0 Å². The number of aryl methyl sites for hydroxylation is 1. The van der Waals surface area contributed by atoms with Gasteiger partial charge in [0.25, 0.3) is 0 Å². The monoisotopic (exact) mass is 455 g/mol. The number of benzene rings is 2. The Morgan fingerprint density at radius 3 is 2.66 bits per heavy atom. The van der Waals surface area contributed by atoms with Gasteiger partial charge in [0.05, 0.1) is 16.3 Å². The van der Waals surface area contributed by atoms with E-state index in [0.717, 1.165) is 22.2 Å². The zero-order valence-electron chi connectivity index (χ0n) is 17.6. The number of pyridine rings is 1. The van der Waals surface area contributed by atoms with Crippen molar-refractivity contribution in [2.24, 2.45) is 5.92 Å². The summed E-state index contributed by atoms with van der Waals surface area (Å²) in [6.07, 6.45) is 1.77. The Morgan fingerprint density at radius 1 is 1.16 bits per heavy atom. The fourth-order valence-corrected chi connectivity index (χ4v) is 5.47. The van der Waals surface area contributed by atoms with Gasteiger partial charge in [0.1, 0.15) is 12.4 Å². The Balaban J connectivity index is 1.45. The summed E-state index contributed by atoms with van der Waals surface area (Å²) in [5, 5.41) is 9.88. The predicted octanol–water partition coefficient (Wildman–Crippen LogP) is 3.07. The Morgan fingerprint density at radius 2 is 1.91 bits per heavy atom. The number of ether oxygens (including phenoxy) is 1. The second-order valence-corrected chi connectivity index (χ2v) is 9.66. The lowest BCUT2D eigenvalue weighted by atomic mass is 10.0. The van der Waals surface area contributed by atoms with E-state index in [1.54, 1.807) is 17.6 Å². The van der Waals surface area contributed by atoms with Crippen LogP contribution in [0.25, 0.3) is 10.9 Å². The topological polar surface area (TPSA) is 118 Å². The molecule has 1 aromatic heterocycles. The minimum absolute atomic E-state index is 0.0881. The first-order valence-electron chi connectivity index (χ1n) is 10.4. The van der Waals surface area contributed by atoms with Gasteiger partial charge in [-0.1, -0.05) is 24.6 Å². The highest BCUT2D eigenvalue weighted by atomic mass is 32.2. The van der Waals surface area contributed by atoms with Gasteiger partial charge in [-0.25, -0.2) is 18.6 Å². The SMILES string of the molecule is Cc1cc(COc2ccc(S(=O)(=O)N[C@H]3CCC[C@@H]3C(=O)NO)cc2)c2ccccc2n1. The zero-order chi connectivity index (χ0) is 22.7. The van der Waals surface area contributed by atoms with Crippen LogP contribution in [0.15, 0.2) is 59.5 Å². The third-order valence-electron chi connectivity index (χ3n) is 5.73. The molecular weight excluding hydrogens is 430 g/mol. The molecule has 0 saturated heterocycles. The number of amides is 1. The third-order valence-corrected chi connectivity index (χ3v) is 7.23. The third kappa shape index (κ3) is 4.74. The number of para-hydroxylation sites is 1. The number of carbonyl (C=O) groups excluding carboxylic acids is 1. The lowest BCUT2D eigenvalue weighted by Gasteiger charge is -2.19. The number of hydrogen-bond acceptors (Lipinski definition) is 6. The average molecular weight is 456 g/mol. The van der Waals surface area contributed by atoms with Crippen LogP contribution in [0, 0.1) is 12.8 Å². The van der Waals surface area contributed by atoms with Crippen LogP contribution >= 0.6 is 0 Å². The van der Waals surface area contributed by atoms with E-state index in [-0.39, 0.29) is 4.90 Å². The molecule has 1 fully saturated rings. The molecule has 0 spiro atoms. The molecule has 3 N–H and O–H groups in total. The Labute approximate surface area is 186 Å². The summed E-state index contributed by atoms with van der Waals surface area (Å²) in [5.74, 6) is -0.616. The van der Waals surface area contributed by atoms with Crippen LogP contribution in [0.3, 0.4) is 0 Å². The predicted molar refractivity (Wildman–Crippen MR) is 119 cm³/mol. The molecule has 2 aromatic carbocycles. The largest absolute Gasteiger partial charge is 0.489 e. The van der Waals surface area contributed by atoms with Crippen molar-refractivity contribution in [3.63, 3.8) is 0 Å². The van der Waals surface area contributed by atoms with Gasteiger partial charge in [-0.3, -0.25) is 15.0 Å². The van der Waals surface area contributed by atoms with Crippen molar-refractivity contribution in [3.05, 3.63) is 65.9 Å². The first-order valence-corrected chi connectivity index (χ1v) is 11.9. The highest BCUT2D eigenvalue weighted by molar-refractivity contribution is 7.89. The maximum atomic E-state index is 12.8. The van der Waals surface area contributed by atoms with Gasteiger partial charge < -0.3 is 4.74 Å². The fourth-order valence-electron chi connectivity index (χ4n) is 4.16. The molecule has 1 aliphatic carbocycles. The molecule has 4 rings (SSSR count). The van der Waals surface area contributed by atoms with E-state index in [1.165, 1.54) is 12.1 Å². The van der Waals surface area contributed by atoms with Crippen LogP contribution < -0.4 is 14.9 Å². The number of nitrogens with zero attached hydrogens (tertiary/aromatic N) is 1. The number of hydroxylamine groups is 1. The summed E-state index contributed by atoms with van der Waals surface area (Å²) in [7, 11) is -3.81. The molecule has 8 nitrogen and oxygen atoms in total. The molecule has 3 aromatic rings. The highest BCUT2D eigenvalue weighted by Gasteiger charge is 2.35. The van der Waals surface area contributed by atoms with E-state index in [2.05, 4.69) is 9.71 Å². The smallest absolute Gasteiger partial charge is 0.248 e. The van der Waals surface area contributed by atoms with E-state index < -0.39 is 27.9 Å². The van der Waals surface area contributed by atoms with Gasteiger partial charge in [-0.05, 0) is 56.2 Å². The van der Waals surface area contributed by atoms with Crippen LogP contribution in [0.2, 0.25) is 0 Å². The molecule has 32 heavy (non-hydrogen) atoms. The number of rotatable bonds is 7. The van der Waals surface area contributed by atoms with Crippen molar-refractivity contribution in [1.82, 2.24) is 15.2 Å². The van der Waals surface area contributed by atoms with Crippen LogP contribution in [0.4, 0.5) is 0 Å². The van der Waals surface area contributed by atoms with E-state index in [4.69, 9.17) is 9.94 Å². The normalized spacial score (nSPS) is 18.6. The summed E-state index contributed by atoms with van der Waals surface area (Å²) < 4.78 is 34.0. The fraction of sp³-hybridized carbons (Fsp3) is 0.304. The molecule has 0 radical (unpaired) electrons. The van der Waals surface area contributed by atoms with Crippen LogP contribution in [-0.2, 0) is 21.4 Å². The Bertz CT molecular complexity index is 1230. The molecule has 9 heteroatoms. The van der Waals surface area contributed by atoms with Crippen molar-refractivity contribution >= 4 is 26.8 Å². The number of hydrogen-bond donors (Lipinski definition) is 3. The highest BCUT2D eigenvalue weighted by Crippen LogP contribution is 2.28. The Hall–Kier alpha value is -3.01. The van der Waals surface area contributed by atoms with Gasteiger partial charge in [0.15, 0.2) is 0 Å². The minimum Gasteiger partial charge on any atom is -0.489 e. The summed E-state index contributed by atoms with van der Waals surface area (Å²) in [6, 6.07) is 15.4. The summed E-state index contributed by atoms with van der Waals surface area (Å²) in [5.41, 5.74) is 4.42. The van der Waals surface area contributed by atoms with Crippen LogP contribution in [-0.4, -0.2) is 30.6 Å². The second kappa shape index (κ2) is 9.23. The molecule has 1 heterocycles. The average Bonchev–Trinajstić information content (AvgIpc) is 3.24. The number of carbonyl (C=O) groups is 1. The lowest BCUT2D eigenvalue weighted by molar-refractivity contribution is -0.133. The van der Waals surface area contributed by atoms with Crippen LogP contribution in [0.1, 0.15) is 30.5 Å². The number of aromatic nitrogens is 1. The van der Waals surface area contributed by atoms with Gasteiger partial charge in [0, 0.05) is 22.7 Å². The minimum atomic E-state index is -3.81. The molecule has 0 unspecified atom stereocenters. The molecule has 0 bridgehead atoms. The molecule has 168 valence electrons. The summed E-state index contributed by atoms with van der Waals surface area (Å²) in [6.45, 7) is 2.26. The summed E-state index contributed by atoms with van der Waals surface area (Å²) >= 11 is 0. The first kappa shape index (κ1) is 22.2.